The van der Waals surface area contributed by atoms with Crippen LogP contribution in [-0.2, 0) is 0 Å². The number of amides is 1. The van der Waals surface area contributed by atoms with Crippen LogP contribution < -0.4 is 5.32 Å². The minimum atomic E-state index is -1.11. The van der Waals surface area contributed by atoms with Crippen LogP contribution in [0.2, 0.25) is 0 Å². The zero-order valence-electron chi connectivity index (χ0n) is 9.94. The summed E-state index contributed by atoms with van der Waals surface area (Å²) in [6.07, 6.45) is 0. The topological polar surface area (TPSA) is 66.4 Å². The fraction of sp³-hybridized carbons (Fsp3) is 0.0769. The largest absolute Gasteiger partial charge is 0.477 e. The number of thiophene rings is 1. The first-order valence-corrected chi connectivity index (χ1v) is 6.25. The maximum atomic E-state index is 13.1. The van der Waals surface area contributed by atoms with Crippen molar-refractivity contribution in [3.63, 3.8) is 0 Å². The molecule has 0 fully saturated rings. The summed E-state index contributed by atoms with van der Waals surface area (Å²) in [7, 11) is 0. The van der Waals surface area contributed by atoms with Crippen molar-refractivity contribution in [3.05, 3.63) is 51.5 Å². The summed E-state index contributed by atoms with van der Waals surface area (Å²) in [5.74, 6) is -2.15. The van der Waals surface area contributed by atoms with Gasteiger partial charge < -0.3 is 10.4 Å². The summed E-state index contributed by atoms with van der Waals surface area (Å²) in [4.78, 5) is 23.0. The van der Waals surface area contributed by atoms with E-state index in [0.29, 0.717) is 5.56 Å². The third-order valence-corrected chi connectivity index (χ3v) is 3.45. The highest BCUT2D eigenvalue weighted by atomic mass is 32.1. The summed E-state index contributed by atoms with van der Waals surface area (Å²) in [5.41, 5.74) is 1.01. The molecule has 0 aliphatic rings. The van der Waals surface area contributed by atoms with Crippen LogP contribution in [0, 0.1) is 12.7 Å². The lowest BCUT2D eigenvalue weighted by Gasteiger charge is -2.07. The number of carboxylic acids is 1. The minimum absolute atomic E-state index is 0.0439. The molecule has 0 spiro atoms. The van der Waals surface area contributed by atoms with E-state index in [9.17, 15) is 14.0 Å². The maximum Gasteiger partial charge on any atom is 0.348 e. The van der Waals surface area contributed by atoms with Crippen LogP contribution >= 0.6 is 11.3 Å². The Morgan fingerprint density at radius 3 is 2.74 bits per heavy atom. The summed E-state index contributed by atoms with van der Waals surface area (Å²) < 4.78 is 13.1. The van der Waals surface area contributed by atoms with Crippen molar-refractivity contribution in [1.82, 2.24) is 0 Å². The molecule has 0 unspecified atom stereocenters. The lowest BCUT2D eigenvalue weighted by molar-refractivity contribution is 0.0703. The Labute approximate surface area is 112 Å². The number of benzene rings is 1. The average Bonchev–Trinajstić information content (AvgIpc) is 2.80. The second-order valence-corrected chi connectivity index (χ2v) is 4.80. The lowest BCUT2D eigenvalue weighted by atomic mass is 10.1. The number of aromatic carboxylic acids is 1. The molecule has 6 heteroatoms. The Morgan fingerprint density at radius 2 is 2.05 bits per heavy atom. The molecule has 0 saturated heterocycles. The van der Waals surface area contributed by atoms with Crippen molar-refractivity contribution in [1.29, 1.82) is 0 Å². The van der Waals surface area contributed by atoms with Gasteiger partial charge >= 0.3 is 5.97 Å². The van der Waals surface area contributed by atoms with Crippen LogP contribution in [0.15, 0.2) is 29.6 Å². The Morgan fingerprint density at radius 1 is 1.32 bits per heavy atom. The molecule has 1 aromatic heterocycles. The summed E-state index contributed by atoms with van der Waals surface area (Å²) in [6.45, 7) is 1.68. The molecule has 1 aromatic carbocycles. The number of aryl methyl sites for hydroxylation is 1. The molecule has 2 aromatic rings. The Hall–Kier alpha value is -2.21. The number of carbonyl (C=O) groups is 2. The van der Waals surface area contributed by atoms with Crippen LogP contribution in [-0.4, -0.2) is 17.0 Å². The molecule has 2 rings (SSSR count). The predicted octanol–water partition coefficient (Wildman–Crippen LogP) is 3.15. The molecular weight excluding hydrogens is 269 g/mol. The highest BCUT2D eigenvalue weighted by molar-refractivity contribution is 7.12. The second-order valence-electron chi connectivity index (χ2n) is 3.88. The number of nitrogens with one attached hydrogen (secondary N) is 1. The number of anilines is 1. The Kier molecular flexibility index (Phi) is 3.62. The SMILES string of the molecule is Cc1ccc(F)cc1C(=O)Nc1ccsc1C(=O)O. The van der Waals surface area contributed by atoms with Gasteiger partial charge in [0.15, 0.2) is 0 Å². The molecule has 2 N–H and O–H groups in total. The first kappa shape index (κ1) is 13.2. The van der Waals surface area contributed by atoms with Gasteiger partial charge in [0.1, 0.15) is 10.7 Å². The molecule has 0 aliphatic heterocycles. The predicted molar refractivity (Wildman–Crippen MR) is 70.4 cm³/mol. The van der Waals surface area contributed by atoms with E-state index in [1.54, 1.807) is 12.3 Å². The van der Waals surface area contributed by atoms with Crippen molar-refractivity contribution in [2.45, 2.75) is 6.92 Å². The zero-order chi connectivity index (χ0) is 14.0. The molecule has 0 bridgehead atoms. The smallest absolute Gasteiger partial charge is 0.348 e. The molecule has 0 aliphatic carbocycles. The standard InChI is InChI=1S/C13H10FNO3S/c1-7-2-3-8(14)6-9(7)12(16)15-10-4-5-19-11(10)13(17)18/h2-6H,1H3,(H,15,16)(H,17,18). The van der Waals surface area contributed by atoms with E-state index >= 15 is 0 Å². The van der Waals surface area contributed by atoms with Crippen LogP contribution in [0.3, 0.4) is 0 Å². The molecule has 1 amide bonds. The van der Waals surface area contributed by atoms with E-state index in [0.717, 1.165) is 17.4 Å². The Bertz CT molecular complexity index is 651. The van der Waals surface area contributed by atoms with Gasteiger partial charge in [0.2, 0.25) is 0 Å². The molecule has 19 heavy (non-hydrogen) atoms. The number of hydrogen-bond acceptors (Lipinski definition) is 3. The van der Waals surface area contributed by atoms with Crippen molar-refractivity contribution >= 4 is 28.9 Å². The van der Waals surface area contributed by atoms with E-state index < -0.39 is 17.7 Å². The van der Waals surface area contributed by atoms with E-state index in [1.807, 2.05) is 0 Å². The highest BCUT2D eigenvalue weighted by Crippen LogP contribution is 2.23. The van der Waals surface area contributed by atoms with Gasteiger partial charge in [-0.15, -0.1) is 11.3 Å². The molecule has 0 atom stereocenters. The summed E-state index contributed by atoms with van der Waals surface area (Å²) in [6, 6.07) is 5.38. The lowest BCUT2D eigenvalue weighted by Crippen LogP contribution is -2.15. The molecule has 4 nitrogen and oxygen atoms in total. The fourth-order valence-electron chi connectivity index (χ4n) is 1.60. The molecule has 98 valence electrons. The third kappa shape index (κ3) is 2.79. The van der Waals surface area contributed by atoms with E-state index in [1.165, 1.54) is 18.2 Å². The van der Waals surface area contributed by atoms with Crippen molar-refractivity contribution in [3.8, 4) is 0 Å². The van der Waals surface area contributed by atoms with Crippen LogP contribution in [0.4, 0.5) is 10.1 Å². The number of carboxylic acid groups (broad SMARTS) is 1. The minimum Gasteiger partial charge on any atom is -0.477 e. The first-order valence-electron chi connectivity index (χ1n) is 5.37. The van der Waals surface area contributed by atoms with E-state index in [4.69, 9.17) is 5.11 Å². The van der Waals surface area contributed by atoms with Crippen molar-refractivity contribution in [2.75, 3.05) is 5.32 Å². The molecule has 0 saturated carbocycles. The Balaban J connectivity index is 2.28. The number of halogens is 1. The van der Waals surface area contributed by atoms with Gasteiger partial charge in [-0.3, -0.25) is 4.79 Å². The van der Waals surface area contributed by atoms with Crippen LogP contribution in [0.1, 0.15) is 25.6 Å². The highest BCUT2D eigenvalue weighted by Gasteiger charge is 2.16. The second kappa shape index (κ2) is 5.19. The van der Waals surface area contributed by atoms with Gasteiger partial charge in [-0.2, -0.15) is 0 Å². The van der Waals surface area contributed by atoms with Gasteiger partial charge in [-0.25, -0.2) is 9.18 Å². The molecule has 0 radical (unpaired) electrons. The summed E-state index contributed by atoms with van der Waals surface area (Å²) >= 11 is 1.01. The zero-order valence-corrected chi connectivity index (χ0v) is 10.8. The summed E-state index contributed by atoms with van der Waals surface area (Å²) in [5, 5.41) is 13.0. The van der Waals surface area contributed by atoms with Gasteiger partial charge in [0.05, 0.1) is 5.69 Å². The molecule has 1 heterocycles. The van der Waals surface area contributed by atoms with Gasteiger partial charge in [0.25, 0.3) is 5.91 Å². The fourth-order valence-corrected chi connectivity index (χ4v) is 2.29. The van der Waals surface area contributed by atoms with Crippen LogP contribution in [0.5, 0.6) is 0 Å². The average molecular weight is 279 g/mol. The van der Waals surface area contributed by atoms with Gasteiger partial charge in [0, 0.05) is 5.56 Å². The number of hydrogen-bond donors (Lipinski definition) is 2. The first-order chi connectivity index (χ1) is 8.99. The quantitative estimate of drug-likeness (QED) is 0.907. The van der Waals surface area contributed by atoms with E-state index in [2.05, 4.69) is 5.32 Å². The van der Waals surface area contributed by atoms with Crippen molar-refractivity contribution in [2.24, 2.45) is 0 Å². The molecular formula is C13H10FNO3S. The van der Waals surface area contributed by atoms with Crippen molar-refractivity contribution < 1.29 is 19.1 Å². The van der Waals surface area contributed by atoms with Gasteiger partial charge in [-0.05, 0) is 36.1 Å². The maximum absolute atomic E-state index is 13.1. The van der Waals surface area contributed by atoms with Gasteiger partial charge in [-0.1, -0.05) is 6.07 Å². The van der Waals surface area contributed by atoms with E-state index in [-0.39, 0.29) is 16.1 Å². The third-order valence-electron chi connectivity index (χ3n) is 2.55. The number of rotatable bonds is 3. The van der Waals surface area contributed by atoms with Crippen LogP contribution in [0.25, 0.3) is 0 Å². The number of carbonyl (C=O) groups excluding carboxylic acids is 1. The normalized spacial score (nSPS) is 10.2. The monoisotopic (exact) mass is 279 g/mol.